The van der Waals surface area contributed by atoms with Gasteiger partial charge in [-0.15, -0.1) is 11.8 Å². The van der Waals surface area contributed by atoms with E-state index < -0.39 is 28.3 Å². The second kappa shape index (κ2) is 17.6. The van der Waals surface area contributed by atoms with Crippen molar-refractivity contribution >= 4 is 33.4 Å². The van der Waals surface area contributed by atoms with Gasteiger partial charge in [-0.25, -0.2) is 8.42 Å². The summed E-state index contributed by atoms with van der Waals surface area (Å²) in [5.41, 5.74) is 12.2. The number of carbonyl (C=O) groups is 1. The van der Waals surface area contributed by atoms with Gasteiger partial charge < -0.3 is 25.6 Å². The normalized spacial score (nSPS) is 19.4. The van der Waals surface area contributed by atoms with Crippen molar-refractivity contribution in [2.24, 2.45) is 5.92 Å². The van der Waals surface area contributed by atoms with Crippen LogP contribution in [0.5, 0.6) is 0 Å². The van der Waals surface area contributed by atoms with Crippen molar-refractivity contribution in [2.45, 2.75) is 67.8 Å². The molecule has 53 heavy (non-hydrogen) atoms. The molecule has 1 aliphatic rings. The first-order valence-electron chi connectivity index (χ1n) is 17.6. The van der Waals surface area contributed by atoms with Gasteiger partial charge in [-0.2, -0.15) is 4.72 Å². The first-order chi connectivity index (χ1) is 25.6. The molecule has 0 saturated carbocycles. The van der Waals surface area contributed by atoms with E-state index in [2.05, 4.69) is 17.0 Å². The summed E-state index contributed by atoms with van der Waals surface area (Å²) in [5, 5.41) is 12.5. The third-order valence-corrected chi connectivity index (χ3v) is 12.1. The number of benzene rings is 5. The molecule has 0 bridgehead atoms. The monoisotopic (exact) mass is 751 g/mol. The highest BCUT2D eigenvalue weighted by molar-refractivity contribution is 7.99. The van der Waals surface area contributed by atoms with Crippen molar-refractivity contribution < 1.29 is 27.8 Å². The summed E-state index contributed by atoms with van der Waals surface area (Å²) in [6.07, 6.45) is -0.886. The van der Waals surface area contributed by atoms with Crippen LogP contribution in [0, 0.1) is 12.8 Å². The van der Waals surface area contributed by atoms with Gasteiger partial charge in [0.2, 0.25) is 15.9 Å². The average molecular weight is 752 g/mol. The lowest BCUT2D eigenvalue weighted by Crippen LogP contribution is -2.47. The molecular formula is C42H45N3O6S2. The van der Waals surface area contributed by atoms with Crippen molar-refractivity contribution in [1.82, 2.24) is 10.0 Å². The Hall–Kier alpha value is -4.49. The van der Waals surface area contributed by atoms with E-state index in [1.165, 1.54) is 12.1 Å². The maximum Gasteiger partial charge on any atom is 0.241 e. The number of aliphatic hydroxyl groups is 1. The number of nitrogens with one attached hydrogen (secondary N) is 2. The van der Waals surface area contributed by atoms with Crippen molar-refractivity contribution in [3.05, 3.63) is 161 Å². The highest BCUT2D eigenvalue weighted by Crippen LogP contribution is 2.43. The van der Waals surface area contributed by atoms with Gasteiger partial charge in [0.1, 0.15) is 6.04 Å². The zero-order chi connectivity index (χ0) is 37.4. The number of nitrogen functional groups attached to an aromatic ring is 1. The quantitative estimate of drug-likeness (QED) is 0.0713. The van der Waals surface area contributed by atoms with Crippen LogP contribution in [0.4, 0.5) is 5.69 Å². The minimum absolute atomic E-state index is 0.0189. The molecule has 11 heteroatoms. The summed E-state index contributed by atoms with van der Waals surface area (Å²) in [5.74, 6) is 0.254. The fourth-order valence-electron chi connectivity index (χ4n) is 6.21. The number of nitrogens with two attached hydrogens (primary N) is 1. The second-order valence-electron chi connectivity index (χ2n) is 13.3. The van der Waals surface area contributed by atoms with E-state index in [1.807, 2.05) is 110 Å². The number of sulfonamides is 1. The number of para-hydroxylation sites is 1. The molecule has 5 N–H and O–H groups in total. The third kappa shape index (κ3) is 9.94. The number of amides is 1. The van der Waals surface area contributed by atoms with Gasteiger partial charge in [0, 0.05) is 34.4 Å². The van der Waals surface area contributed by atoms with Gasteiger partial charge in [-0.05, 0) is 59.9 Å². The second-order valence-corrected chi connectivity index (χ2v) is 16.1. The highest BCUT2D eigenvalue weighted by Gasteiger charge is 2.38. The maximum absolute atomic E-state index is 13.6. The van der Waals surface area contributed by atoms with Crippen molar-refractivity contribution in [2.75, 3.05) is 11.5 Å². The molecule has 9 nitrogen and oxygen atoms in total. The van der Waals surface area contributed by atoms with Crippen LogP contribution in [0.25, 0.3) is 0 Å². The molecule has 1 saturated heterocycles. The Balaban J connectivity index is 1.15. The zero-order valence-corrected chi connectivity index (χ0v) is 31.4. The molecule has 0 aliphatic carbocycles. The molecule has 1 heterocycles. The van der Waals surface area contributed by atoms with Gasteiger partial charge in [0.05, 0.1) is 23.7 Å². The molecule has 6 rings (SSSR count). The van der Waals surface area contributed by atoms with E-state index >= 15 is 0 Å². The Morgan fingerprint density at radius 1 is 0.811 bits per heavy atom. The van der Waals surface area contributed by atoms with Gasteiger partial charge in [0.25, 0.3) is 0 Å². The highest BCUT2D eigenvalue weighted by atomic mass is 32.2. The SMILES string of the molecule is Cc1ccc(S(=O)(=O)N[C@H](Cc2ccccc2)C(=O)NCc2ccc(C3O[C@H](CSc4ccccc4N)[C@H](C)[C@H](c4ccc(CO)cc4)O3)cc2)cc1. The van der Waals surface area contributed by atoms with E-state index in [0.717, 1.165) is 44.0 Å². The lowest BCUT2D eigenvalue weighted by molar-refractivity contribution is -0.268. The summed E-state index contributed by atoms with van der Waals surface area (Å²) in [4.78, 5) is 14.7. The van der Waals surface area contributed by atoms with Crippen molar-refractivity contribution in [1.29, 1.82) is 0 Å². The number of aryl methyl sites for hydroxylation is 1. The van der Waals surface area contributed by atoms with Crippen LogP contribution in [0.15, 0.2) is 137 Å². The van der Waals surface area contributed by atoms with E-state index in [-0.39, 0.29) is 42.6 Å². The van der Waals surface area contributed by atoms with E-state index in [0.29, 0.717) is 5.75 Å². The summed E-state index contributed by atoms with van der Waals surface area (Å²) in [6.45, 7) is 4.16. The first kappa shape index (κ1) is 38.2. The fourth-order valence-corrected chi connectivity index (χ4v) is 8.54. The molecule has 1 fully saturated rings. The molecule has 5 aromatic rings. The molecule has 276 valence electrons. The number of hydrogen-bond acceptors (Lipinski definition) is 8. The first-order valence-corrected chi connectivity index (χ1v) is 20.0. The van der Waals surface area contributed by atoms with Crippen LogP contribution in [0.3, 0.4) is 0 Å². The van der Waals surface area contributed by atoms with Crippen molar-refractivity contribution in [3.63, 3.8) is 0 Å². The predicted molar refractivity (Wildman–Crippen MR) is 208 cm³/mol. The third-order valence-electron chi connectivity index (χ3n) is 9.39. The molecule has 1 aliphatic heterocycles. The van der Waals surface area contributed by atoms with E-state index in [1.54, 1.807) is 23.9 Å². The zero-order valence-electron chi connectivity index (χ0n) is 29.7. The molecule has 1 amide bonds. The van der Waals surface area contributed by atoms with Crippen LogP contribution in [-0.2, 0) is 43.9 Å². The largest absolute Gasteiger partial charge is 0.398 e. The Morgan fingerprint density at radius 2 is 1.45 bits per heavy atom. The molecule has 1 unspecified atom stereocenters. The summed E-state index contributed by atoms with van der Waals surface area (Å²) in [6, 6.07) is 38.1. The van der Waals surface area contributed by atoms with Crippen LogP contribution in [-0.4, -0.2) is 37.3 Å². The number of rotatable bonds is 14. The summed E-state index contributed by atoms with van der Waals surface area (Å²) >= 11 is 1.65. The Bertz CT molecular complexity index is 2060. The standard InChI is InChI=1S/C42H45N3O6S2/c1-28-12-22-35(23-13-28)53(48,49)45-37(24-30-8-4-3-5-9-30)41(47)44-25-31-14-20-34(21-15-31)42-50-38(27-52-39-11-7-6-10-36(39)43)29(2)40(51-42)33-18-16-32(26-46)17-19-33/h3-23,29,37-38,40,42,45-46H,24-27,43H2,1-2H3,(H,44,47)/t29-,37+,38+,40+,42?/m0/s1. The molecule has 5 aromatic carbocycles. The number of ether oxygens (including phenoxy) is 2. The molecule has 0 radical (unpaired) electrons. The number of carbonyl (C=O) groups excluding carboxylic acids is 1. The van der Waals surface area contributed by atoms with E-state index in [4.69, 9.17) is 15.2 Å². The van der Waals surface area contributed by atoms with Crippen LogP contribution in [0.1, 0.15) is 52.7 Å². The lowest BCUT2D eigenvalue weighted by Gasteiger charge is -2.41. The van der Waals surface area contributed by atoms with Gasteiger partial charge in [-0.1, -0.05) is 116 Å². The van der Waals surface area contributed by atoms with Crippen LogP contribution >= 0.6 is 11.8 Å². The Labute approximate surface area is 316 Å². The fraction of sp³-hybridized carbons (Fsp3) is 0.262. The van der Waals surface area contributed by atoms with Gasteiger partial charge in [-0.3, -0.25) is 4.79 Å². The Kier molecular flexibility index (Phi) is 12.7. The van der Waals surface area contributed by atoms with Gasteiger partial charge in [0.15, 0.2) is 6.29 Å². The van der Waals surface area contributed by atoms with Crippen molar-refractivity contribution in [3.8, 4) is 0 Å². The van der Waals surface area contributed by atoms with Crippen LogP contribution < -0.4 is 15.8 Å². The number of hydrogen-bond donors (Lipinski definition) is 4. The number of anilines is 1. The smallest absolute Gasteiger partial charge is 0.241 e. The molecule has 0 spiro atoms. The van der Waals surface area contributed by atoms with Gasteiger partial charge >= 0.3 is 0 Å². The predicted octanol–water partition coefficient (Wildman–Crippen LogP) is 6.86. The van der Waals surface area contributed by atoms with Crippen LogP contribution in [0.2, 0.25) is 0 Å². The molecule has 0 aromatic heterocycles. The maximum atomic E-state index is 13.6. The minimum Gasteiger partial charge on any atom is -0.398 e. The summed E-state index contributed by atoms with van der Waals surface area (Å²) < 4.78 is 42.4. The van der Waals surface area contributed by atoms with E-state index in [9.17, 15) is 18.3 Å². The molecular weight excluding hydrogens is 707 g/mol. The minimum atomic E-state index is -3.96. The Morgan fingerprint density at radius 3 is 2.13 bits per heavy atom. The summed E-state index contributed by atoms with van der Waals surface area (Å²) in [7, 11) is -3.96. The molecule has 5 atom stereocenters. The topological polar surface area (TPSA) is 140 Å². The lowest BCUT2D eigenvalue weighted by atomic mass is 9.91. The number of aliphatic hydroxyl groups excluding tert-OH is 1. The number of thioether (sulfide) groups is 1. The average Bonchev–Trinajstić information content (AvgIpc) is 3.17.